The molecular weight excluding hydrogens is 1410 g/mol. The molecule has 8 fully saturated rings. The van der Waals surface area contributed by atoms with Gasteiger partial charge in [-0.2, -0.15) is 26.0 Å². The van der Waals surface area contributed by atoms with E-state index in [0.29, 0.717) is 35.5 Å². The molecule has 2 N–H and O–H groups in total. The number of nitrogens with one attached hydrogen (secondary N) is 1. The van der Waals surface area contributed by atoms with E-state index in [-0.39, 0.29) is 38.8 Å². The predicted octanol–water partition coefficient (Wildman–Crippen LogP) is 10.1. The Morgan fingerprint density at radius 3 is 1.11 bits per heavy atom. The molecule has 9 aliphatic rings. The van der Waals surface area contributed by atoms with Crippen molar-refractivity contribution in [2.24, 2.45) is 46.3 Å². The normalized spacial score (nSPS) is 23.2. The van der Waals surface area contributed by atoms with E-state index in [1.165, 1.54) is 60.1 Å². The van der Waals surface area contributed by atoms with Gasteiger partial charge in [0.15, 0.2) is 51.6 Å². The van der Waals surface area contributed by atoms with Gasteiger partial charge in [-0.25, -0.2) is 18.0 Å². The van der Waals surface area contributed by atoms with Gasteiger partial charge in [0.25, 0.3) is 4.91 Å². The van der Waals surface area contributed by atoms with Crippen LogP contribution in [0.3, 0.4) is 0 Å². The highest BCUT2D eigenvalue weighted by Crippen LogP contribution is 2.61. The van der Waals surface area contributed by atoms with E-state index in [4.69, 9.17) is 14.0 Å². The quantitative estimate of drug-likeness (QED) is 0.0133. The maximum atomic E-state index is 13.0. The predicted molar refractivity (Wildman–Crippen MR) is 362 cm³/mol. The summed E-state index contributed by atoms with van der Waals surface area (Å²) in [5, 5.41) is -10.2. The van der Waals surface area contributed by atoms with Gasteiger partial charge in [-0.3, -0.25) is 14.1 Å². The van der Waals surface area contributed by atoms with Gasteiger partial charge in [0.1, 0.15) is 38.6 Å². The zero-order chi connectivity index (χ0) is 70.2. The zero-order valence-corrected chi connectivity index (χ0v) is 60.6. The van der Waals surface area contributed by atoms with Crippen molar-refractivity contribution in [3.8, 4) is 0 Å². The molecule has 9 aliphatic carbocycles. The van der Waals surface area contributed by atoms with Crippen molar-refractivity contribution in [3.63, 3.8) is 0 Å². The molecule has 0 amide bonds. The van der Waals surface area contributed by atoms with Crippen LogP contribution in [0.5, 0.6) is 0 Å². The van der Waals surface area contributed by atoms with E-state index in [9.17, 15) is 58.1 Å². The second kappa shape index (κ2) is 35.4. The van der Waals surface area contributed by atoms with Gasteiger partial charge in [0, 0.05) is 6.08 Å². The number of carbonyl (C=O) groups is 4. The van der Waals surface area contributed by atoms with Crippen LogP contribution < -0.4 is 21.9 Å². The van der Waals surface area contributed by atoms with E-state index in [2.05, 4.69) is 208 Å². The lowest BCUT2D eigenvalue weighted by molar-refractivity contribution is -0.894. The minimum atomic E-state index is -6.15. The van der Waals surface area contributed by atoms with Gasteiger partial charge in [-0.1, -0.05) is 90.0 Å². The molecule has 5 aromatic rings. The minimum absolute atomic E-state index is 0. The largest absolute Gasteiger partial charge is 1.00 e. The van der Waals surface area contributed by atoms with Crippen LogP contribution in [-0.2, 0) is 80.2 Å². The molecule has 0 saturated heterocycles. The maximum absolute atomic E-state index is 13.0. The fourth-order valence-corrected chi connectivity index (χ4v) is 19.7. The molecule has 14 rings (SSSR count). The molecule has 15 nitrogen and oxygen atoms in total. The Morgan fingerprint density at radius 1 is 0.510 bits per heavy atom. The van der Waals surface area contributed by atoms with Crippen LogP contribution in [0.1, 0.15) is 109 Å². The summed E-state index contributed by atoms with van der Waals surface area (Å²) in [5.41, 5.74) is 1.56. The van der Waals surface area contributed by atoms with Crippen molar-refractivity contribution in [1.29, 1.82) is 0 Å². The third-order valence-corrected chi connectivity index (χ3v) is 25.1. The monoisotopic (exact) mass is 1500 g/mol. The molecule has 98 heavy (non-hydrogen) atoms. The lowest BCUT2D eigenvalue weighted by Gasteiger charge is -2.55. The first-order valence-electron chi connectivity index (χ1n) is 33.0. The van der Waals surface area contributed by atoms with Gasteiger partial charge in [-0.15, -0.1) is 0 Å². The fourth-order valence-electron chi connectivity index (χ4n) is 15.0. The van der Waals surface area contributed by atoms with Crippen LogP contribution in [0.2, 0.25) is 0 Å². The highest BCUT2D eigenvalue weighted by atomic mass is 79.9. The van der Waals surface area contributed by atoms with Crippen LogP contribution in [0.15, 0.2) is 193 Å². The smallest absolute Gasteiger partial charge is 0.465 e. The van der Waals surface area contributed by atoms with Gasteiger partial charge in [0.05, 0.1) is 47.4 Å². The van der Waals surface area contributed by atoms with Crippen molar-refractivity contribution in [3.05, 3.63) is 186 Å². The number of rotatable bonds is 21. The van der Waals surface area contributed by atoms with Crippen molar-refractivity contribution < 1.29 is 104 Å². The molecule has 1 atom stereocenters. The van der Waals surface area contributed by atoms with Crippen molar-refractivity contribution in [2.45, 2.75) is 147 Å². The van der Waals surface area contributed by atoms with E-state index in [0.717, 1.165) is 77.0 Å². The molecule has 8 bridgehead atoms. The van der Waals surface area contributed by atoms with Crippen molar-refractivity contribution >= 4 is 65.9 Å². The topological polar surface area (TPSA) is 221 Å². The first-order chi connectivity index (χ1) is 46.1. The van der Waals surface area contributed by atoms with Gasteiger partial charge >= 0.3 is 44.5 Å². The number of carbonyl (C=O) groups excluding carboxylic acids is 4. The molecule has 5 aromatic carbocycles. The number of aryl methyl sites for hydroxylation is 2. The molecule has 0 aliphatic heterocycles. The van der Waals surface area contributed by atoms with Gasteiger partial charge in [0.2, 0.25) is 0 Å². The number of alkyl halides is 4. The number of halogens is 5. The molecule has 0 aromatic heterocycles. The number of ether oxygens (including phenoxy) is 4. The Morgan fingerprint density at radius 2 is 0.816 bits per heavy atom. The van der Waals surface area contributed by atoms with Crippen molar-refractivity contribution in [2.75, 3.05) is 46.1 Å². The number of quaternary nitrogens is 1. The molecule has 0 radical (unpaired) electrons. The number of allylic oxidation sites excluding steroid dienone is 5. The first-order valence-corrected chi connectivity index (χ1v) is 38.3. The molecule has 1 unspecified atom stereocenters. The Balaban J connectivity index is 0.000000178. The minimum Gasteiger partial charge on any atom is -1.00 e. The highest BCUT2D eigenvalue weighted by Gasteiger charge is 2.58. The Kier molecular flexibility index (Phi) is 28.6. The summed E-state index contributed by atoms with van der Waals surface area (Å²) in [7, 11) is -12.1. The summed E-state index contributed by atoms with van der Waals surface area (Å²) in [4.78, 5) is 56.7. The highest BCUT2D eigenvalue weighted by molar-refractivity contribution is 8.01. The molecule has 530 valence electrons. The molecule has 8 saturated carbocycles. The standard InChI is InChI=1S/C19H17S.C19H16S.2C15H20F2O7S.C6H15N.BrH/c2*1-16-12-14-19(15-13-16)20(17-8-4-2-5-9-17)18-10-6-3-7-11-18;2*16-15(17,25(20,21)22)13(19)24-2-1-23-12(18)14-6-9-3-10(7-14)5-11(4-9)8-14;1-4-7(5-2)6-3;/h2-15H,1H3;2-6,8-15H,1H3;2*9-11H,1-8H2,(H,20,21,22);4-6H2,1-3H3;1H/q+1;+2;;;;/p-1. The summed E-state index contributed by atoms with van der Waals surface area (Å²) >= 11 is 0. The summed E-state index contributed by atoms with van der Waals surface area (Å²) in [6.45, 7) is 12.4. The van der Waals surface area contributed by atoms with Crippen molar-refractivity contribution in [1.82, 2.24) is 0 Å². The van der Waals surface area contributed by atoms with Gasteiger partial charge < -0.3 is 45.4 Å². The van der Waals surface area contributed by atoms with Gasteiger partial charge in [-0.05, 0) is 208 Å². The number of benzene rings is 5. The Bertz CT molecular complexity index is 3540. The Labute approximate surface area is 590 Å². The Hall–Kier alpha value is -6.21. The van der Waals surface area contributed by atoms with E-state index in [1.807, 2.05) is 6.08 Å². The van der Waals surface area contributed by atoms with Crippen LogP contribution >= 0.6 is 0 Å². The fraction of sp³-hybridized carbons (Fsp3) is 0.459. The average molecular weight is 1500 g/mol. The summed E-state index contributed by atoms with van der Waals surface area (Å²) in [6.07, 6.45) is 23.0. The number of hydrogen-bond donors (Lipinski definition) is 2. The maximum Gasteiger partial charge on any atom is 0.465 e. The second-order valence-corrected chi connectivity index (χ2v) is 33.1. The van der Waals surface area contributed by atoms with Crippen LogP contribution in [0, 0.1) is 66.3 Å². The summed E-state index contributed by atoms with van der Waals surface area (Å²) < 4.78 is 130. The third kappa shape index (κ3) is 20.5. The molecular formula is C74H88BrF4NO14S4+2. The lowest BCUT2D eigenvalue weighted by Crippen LogP contribution is -3.11. The summed E-state index contributed by atoms with van der Waals surface area (Å²) in [5.74, 6) is -2.50. The lowest BCUT2D eigenvalue weighted by atomic mass is 9.49. The van der Waals surface area contributed by atoms with Crippen LogP contribution in [-0.4, -0.2) is 106 Å². The molecule has 24 heteroatoms. The average Bonchev–Trinajstić information content (AvgIpc) is 0.748. The number of esters is 4. The van der Waals surface area contributed by atoms with E-state index >= 15 is 0 Å². The third-order valence-electron chi connectivity index (χ3n) is 19.0. The second-order valence-electron chi connectivity index (χ2n) is 26.1. The summed E-state index contributed by atoms with van der Waals surface area (Å²) in [6, 6.07) is 49.9. The molecule has 0 heterocycles. The first kappa shape index (κ1) is 79.1. The van der Waals surface area contributed by atoms with E-state index in [1.54, 1.807) is 4.90 Å². The zero-order valence-electron chi connectivity index (χ0n) is 55.8. The SMILES string of the molecule is CC[NH+](CC)CC.Cc1ccc([S+](C2=CC=C[C+]=C2)c2ccccc2)cc1.Cc1ccc([S+](c2ccccc2)c2ccccc2)cc1.O=C(OCCOC(=O)C(F)(F)S(=O)(=O)O)C12CC3CC(CC(C3)C1)C2.O=C(OCCOC(=O)C(F)(F)S(=O)(=O)[O-])C12CC3CC(CC(C3)C1)C2.[Br-]. The van der Waals surface area contributed by atoms with E-state index < -0.39 is 91.9 Å². The molecule has 0 spiro atoms. The number of hydrogen-bond acceptors (Lipinski definition) is 13. The van der Waals surface area contributed by atoms with Crippen LogP contribution in [0.4, 0.5) is 17.6 Å². The van der Waals surface area contributed by atoms with Crippen LogP contribution in [0.25, 0.3) is 0 Å².